The molecule has 1 aromatic carbocycles. The van der Waals surface area contributed by atoms with Gasteiger partial charge in [0.05, 0.1) is 0 Å². The Hall–Kier alpha value is -1.58. The summed E-state index contributed by atoms with van der Waals surface area (Å²) >= 11 is 6.00. The van der Waals surface area contributed by atoms with Gasteiger partial charge in [0.25, 0.3) is 0 Å². The van der Waals surface area contributed by atoms with Gasteiger partial charge in [0.1, 0.15) is 5.82 Å². The summed E-state index contributed by atoms with van der Waals surface area (Å²) in [4.78, 5) is 6.57. The summed E-state index contributed by atoms with van der Waals surface area (Å²) in [5.41, 5.74) is 7.98. The molecule has 0 aliphatic heterocycles. The maximum atomic E-state index is 6.00. The predicted molar refractivity (Wildman–Crippen MR) is 80.6 cm³/mol. The van der Waals surface area contributed by atoms with Gasteiger partial charge >= 0.3 is 0 Å². The van der Waals surface area contributed by atoms with Crippen LogP contribution in [-0.4, -0.2) is 18.6 Å². The second kappa shape index (κ2) is 6.55. The van der Waals surface area contributed by atoms with E-state index in [1.807, 2.05) is 37.5 Å². The average molecular weight is 276 g/mol. The van der Waals surface area contributed by atoms with Crippen LogP contribution in [0.2, 0.25) is 5.02 Å². The molecule has 0 radical (unpaired) electrons. The molecule has 4 heteroatoms. The molecule has 0 atom stereocenters. The number of hydrogen-bond donors (Lipinski definition) is 1. The molecule has 2 rings (SSSR count). The van der Waals surface area contributed by atoms with Gasteiger partial charge in [-0.2, -0.15) is 0 Å². The van der Waals surface area contributed by atoms with Gasteiger partial charge in [-0.05, 0) is 42.3 Å². The SMILES string of the molecule is CN(Cc1cccc(Cl)c1)c1ncccc1CCN. The van der Waals surface area contributed by atoms with E-state index < -0.39 is 0 Å². The molecule has 1 aromatic heterocycles. The molecule has 2 N–H and O–H groups in total. The number of rotatable bonds is 5. The zero-order valence-electron chi connectivity index (χ0n) is 11.0. The number of benzene rings is 1. The van der Waals surface area contributed by atoms with Crippen molar-refractivity contribution in [2.45, 2.75) is 13.0 Å². The third-order valence-electron chi connectivity index (χ3n) is 2.95. The Morgan fingerprint density at radius 1 is 1.26 bits per heavy atom. The number of nitrogens with two attached hydrogens (primary N) is 1. The van der Waals surface area contributed by atoms with Gasteiger partial charge in [-0.25, -0.2) is 4.98 Å². The van der Waals surface area contributed by atoms with E-state index >= 15 is 0 Å². The van der Waals surface area contributed by atoms with Crippen LogP contribution in [0.15, 0.2) is 42.6 Å². The van der Waals surface area contributed by atoms with Crippen molar-refractivity contribution >= 4 is 17.4 Å². The topological polar surface area (TPSA) is 42.2 Å². The average Bonchev–Trinajstić information content (AvgIpc) is 2.39. The summed E-state index contributed by atoms with van der Waals surface area (Å²) in [5.74, 6) is 0.980. The molecule has 3 nitrogen and oxygen atoms in total. The van der Waals surface area contributed by atoms with Crippen LogP contribution >= 0.6 is 11.6 Å². The highest BCUT2D eigenvalue weighted by Gasteiger charge is 2.08. The van der Waals surface area contributed by atoms with Crippen LogP contribution in [0.5, 0.6) is 0 Å². The van der Waals surface area contributed by atoms with Gasteiger partial charge < -0.3 is 10.6 Å². The first-order chi connectivity index (χ1) is 9.20. The normalized spacial score (nSPS) is 10.5. The Kier molecular flexibility index (Phi) is 4.77. The van der Waals surface area contributed by atoms with Crippen LogP contribution in [-0.2, 0) is 13.0 Å². The van der Waals surface area contributed by atoms with Crippen LogP contribution in [0.25, 0.3) is 0 Å². The van der Waals surface area contributed by atoms with E-state index in [1.165, 1.54) is 11.1 Å². The van der Waals surface area contributed by atoms with E-state index in [0.29, 0.717) is 6.54 Å². The molecule has 0 aliphatic carbocycles. The molecule has 0 fully saturated rings. The fourth-order valence-electron chi connectivity index (χ4n) is 2.11. The molecule has 2 aromatic rings. The number of halogens is 1. The molecule has 0 bridgehead atoms. The largest absolute Gasteiger partial charge is 0.355 e. The number of nitrogens with zero attached hydrogens (tertiary/aromatic N) is 2. The first-order valence-corrected chi connectivity index (χ1v) is 6.68. The smallest absolute Gasteiger partial charge is 0.131 e. The Bertz CT molecular complexity index is 542. The van der Waals surface area contributed by atoms with E-state index in [0.717, 1.165) is 23.8 Å². The van der Waals surface area contributed by atoms with Gasteiger partial charge in [-0.1, -0.05) is 29.8 Å². The van der Waals surface area contributed by atoms with Crippen molar-refractivity contribution in [3.63, 3.8) is 0 Å². The first kappa shape index (κ1) is 13.8. The van der Waals surface area contributed by atoms with Gasteiger partial charge in [-0.15, -0.1) is 0 Å². The molecule has 0 spiro atoms. The highest BCUT2D eigenvalue weighted by Crippen LogP contribution is 2.19. The van der Waals surface area contributed by atoms with Crippen molar-refractivity contribution in [2.75, 3.05) is 18.5 Å². The highest BCUT2D eigenvalue weighted by atomic mass is 35.5. The van der Waals surface area contributed by atoms with Crippen molar-refractivity contribution in [2.24, 2.45) is 5.73 Å². The molecule has 0 unspecified atom stereocenters. The van der Waals surface area contributed by atoms with Gasteiger partial charge in [0, 0.05) is 24.8 Å². The van der Waals surface area contributed by atoms with Gasteiger partial charge in [-0.3, -0.25) is 0 Å². The van der Waals surface area contributed by atoms with Crippen molar-refractivity contribution in [1.29, 1.82) is 0 Å². The van der Waals surface area contributed by atoms with Crippen molar-refractivity contribution in [1.82, 2.24) is 4.98 Å². The molecular weight excluding hydrogens is 258 g/mol. The zero-order chi connectivity index (χ0) is 13.7. The summed E-state index contributed by atoms with van der Waals surface area (Å²) < 4.78 is 0. The van der Waals surface area contributed by atoms with E-state index in [4.69, 9.17) is 17.3 Å². The minimum absolute atomic E-state index is 0.629. The molecule has 0 aliphatic rings. The van der Waals surface area contributed by atoms with Crippen molar-refractivity contribution in [3.05, 3.63) is 58.7 Å². The number of aromatic nitrogens is 1. The van der Waals surface area contributed by atoms with E-state index in [9.17, 15) is 0 Å². The molecule has 0 saturated carbocycles. The van der Waals surface area contributed by atoms with Crippen LogP contribution < -0.4 is 10.6 Å². The summed E-state index contributed by atoms with van der Waals surface area (Å²) in [6.07, 6.45) is 2.65. The lowest BCUT2D eigenvalue weighted by molar-refractivity contribution is 0.867. The van der Waals surface area contributed by atoms with Crippen LogP contribution in [0.4, 0.5) is 5.82 Å². The lowest BCUT2D eigenvalue weighted by Crippen LogP contribution is -2.20. The van der Waals surface area contributed by atoms with Gasteiger partial charge in [0.2, 0.25) is 0 Å². The molecule has 100 valence electrons. The van der Waals surface area contributed by atoms with Crippen molar-refractivity contribution in [3.8, 4) is 0 Å². The fourth-order valence-corrected chi connectivity index (χ4v) is 2.32. The van der Waals surface area contributed by atoms with Crippen LogP contribution in [0.3, 0.4) is 0 Å². The van der Waals surface area contributed by atoms with E-state index in [1.54, 1.807) is 0 Å². The highest BCUT2D eigenvalue weighted by molar-refractivity contribution is 6.30. The lowest BCUT2D eigenvalue weighted by Gasteiger charge is -2.21. The monoisotopic (exact) mass is 275 g/mol. The number of anilines is 1. The second-order valence-corrected chi connectivity index (χ2v) is 4.95. The van der Waals surface area contributed by atoms with Crippen LogP contribution in [0.1, 0.15) is 11.1 Å². The zero-order valence-corrected chi connectivity index (χ0v) is 11.8. The summed E-state index contributed by atoms with van der Waals surface area (Å²) in [6, 6.07) is 11.9. The molecular formula is C15H18ClN3. The van der Waals surface area contributed by atoms with Crippen molar-refractivity contribution < 1.29 is 0 Å². The summed E-state index contributed by atoms with van der Waals surface area (Å²) in [5, 5.41) is 0.758. The first-order valence-electron chi connectivity index (χ1n) is 6.30. The number of hydrogen-bond acceptors (Lipinski definition) is 3. The summed E-state index contributed by atoms with van der Waals surface area (Å²) in [7, 11) is 2.03. The second-order valence-electron chi connectivity index (χ2n) is 4.51. The number of pyridine rings is 1. The minimum atomic E-state index is 0.629. The maximum absolute atomic E-state index is 6.00. The Morgan fingerprint density at radius 3 is 2.84 bits per heavy atom. The molecule has 1 heterocycles. The molecule has 0 amide bonds. The quantitative estimate of drug-likeness (QED) is 0.912. The van der Waals surface area contributed by atoms with E-state index in [-0.39, 0.29) is 0 Å². The minimum Gasteiger partial charge on any atom is -0.355 e. The third kappa shape index (κ3) is 3.69. The van der Waals surface area contributed by atoms with E-state index in [2.05, 4.69) is 22.0 Å². The van der Waals surface area contributed by atoms with Gasteiger partial charge in [0.15, 0.2) is 0 Å². The Morgan fingerprint density at radius 2 is 2.11 bits per heavy atom. The summed E-state index contributed by atoms with van der Waals surface area (Å²) in [6.45, 7) is 1.40. The molecule has 0 saturated heterocycles. The fraction of sp³-hybridized carbons (Fsp3) is 0.267. The van der Waals surface area contributed by atoms with Crippen LogP contribution in [0, 0.1) is 0 Å². The molecule has 19 heavy (non-hydrogen) atoms. The maximum Gasteiger partial charge on any atom is 0.131 e. The lowest BCUT2D eigenvalue weighted by atomic mass is 10.1. The Labute approximate surface area is 119 Å². The third-order valence-corrected chi connectivity index (χ3v) is 3.19. The predicted octanol–water partition coefficient (Wildman–Crippen LogP) is 2.87. The standard InChI is InChI=1S/C15H18ClN3/c1-19(11-12-4-2-6-14(16)10-12)15-13(7-8-17)5-3-9-18-15/h2-6,9-10H,7-8,11,17H2,1H3. The Balaban J connectivity index is 2.17.